The van der Waals surface area contributed by atoms with Crippen molar-refractivity contribution in [3.05, 3.63) is 30.3 Å². The summed E-state index contributed by atoms with van der Waals surface area (Å²) in [6.07, 6.45) is 5.05. The van der Waals surface area contributed by atoms with Crippen molar-refractivity contribution < 1.29 is 12.9 Å². The summed E-state index contributed by atoms with van der Waals surface area (Å²) in [5, 5.41) is 7.28. The van der Waals surface area contributed by atoms with Gasteiger partial charge >= 0.3 is 6.01 Å². The van der Waals surface area contributed by atoms with Crippen LogP contribution >= 0.6 is 0 Å². The van der Waals surface area contributed by atoms with Crippen LogP contribution in [0.4, 0.5) is 6.01 Å². The van der Waals surface area contributed by atoms with Crippen molar-refractivity contribution in [1.82, 2.24) is 14.9 Å². The van der Waals surface area contributed by atoms with Gasteiger partial charge < -0.3 is 9.84 Å². The minimum Gasteiger partial charge on any atom is -0.335 e. The molecule has 1 fully saturated rings. The van der Waals surface area contributed by atoms with Gasteiger partial charge in [-0.15, -0.1) is 0 Å². The maximum Gasteiger partial charge on any atom is 0.322 e. The number of nitrogens with zero attached hydrogens (tertiary/aromatic N) is 2. The first-order valence-electron chi connectivity index (χ1n) is 8.10. The van der Waals surface area contributed by atoms with E-state index in [1.54, 1.807) is 0 Å². The van der Waals surface area contributed by atoms with Crippen molar-refractivity contribution >= 4 is 16.0 Å². The fourth-order valence-electron chi connectivity index (χ4n) is 2.94. The lowest BCUT2D eigenvalue weighted by Gasteiger charge is -2.28. The highest BCUT2D eigenvalue weighted by Gasteiger charge is 2.23. The highest BCUT2D eigenvalue weighted by molar-refractivity contribution is 7.88. The molecule has 1 heterocycles. The predicted octanol–water partition coefficient (Wildman–Crippen LogP) is 2.26. The number of aromatic nitrogens is 2. The van der Waals surface area contributed by atoms with Crippen molar-refractivity contribution in [3.63, 3.8) is 0 Å². The maximum atomic E-state index is 11.1. The quantitative estimate of drug-likeness (QED) is 0.829. The standard InChI is InChI=1S/C16H22N4O3S/c1-24(21,22)17-11-12-7-9-14(10-8-12)18-16-19-15(20-23-16)13-5-3-2-4-6-13/h2-6,12,14,17H,7-11H2,1H3,(H,18,19,20). The van der Waals surface area contributed by atoms with Crippen molar-refractivity contribution in [1.29, 1.82) is 0 Å². The Labute approximate surface area is 141 Å². The lowest BCUT2D eigenvalue weighted by atomic mass is 9.86. The van der Waals surface area contributed by atoms with Crippen LogP contribution in [0.15, 0.2) is 34.9 Å². The molecule has 3 rings (SSSR count). The van der Waals surface area contributed by atoms with Crippen LogP contribution in [0.2, 0.25) is 0 Å². The van der Waals surface area contributed by atoms with Crippen molar-refractivity contribution in [3.8, 4) is 11.4 Å². The summed E-state index contributed by atoms with van der Waals surface area (Å²) in [4.78, 5) is 4.38. The molecule has 0 aliphatic heterocycles. The van der Waals surface area contributed by atoms with E-state index in [9.17, 15) is 8.42 Å². The van der Waals surface area contributed by atoms with E-state index in [1.807, 2.05) is 30.3 Å². The highest BCUT2D eigenvalue weighted by atomic mass is 32.2. The third kappa shape index (κ3) is 4.78. The fourth-order valence-corrected chi connectivity index (χ4v) is 3.48. The van der Waals surface area contributed by atoms with E-state index in [4.69, 9.17) is 4.52 Å². The highest BCUT2D eigenvalue weighted by Crippen LogP contribution is 2.26. The normalized spacial score (nSPS) is 21.5. The molecule has 0 radical (unpaired) electrons. The Balaban J connectivity index is 1.49. The monoisotopic (exact) mass is 350 g/mol. The number of nitrogens with one attached hydrogen (secondary N) is 2. The molecule has 1 saturated carbocycles. The summed E-state index contributed by atoms with van der Waals surface area (Å²) < 4.78 is 30.2. The second-order valence-corrected chi connectivity index (χ2v) is 8.10. The van der Waals surface area contributed by atoms with Gasteiger partial charge in [0.25, 0.3) is 0 Å². The lowest BCUT2D eigenvalue weighted by Crippen LogP contribution is -2.33. The fraction of sp³-hybridized carbons (Fsp3) is 0.500. The van der Waals surface area contributed by atoms with E-state index in [0.29, 0.717) is 24.3 Å². The minimum absolute atomic E-state index is 0.281. The zero-order chi connectivity index (χ0) is 17.0. The molecule has 2 aromatic rings. The molecule has 1 aliphatic carbocycles. The average molecular weight is 350 g/mol. The molecule has 1 aromatic carbocycles. The van der Waals surface area contributed by atoms with Gasteiger partial charge in [-0.2, -0.15) is 4.98 Å². The molecule has 0 bridgehead atoms. The molecule has 24 heavy (non-hydrogen) atoms. The van der Waals surface area contributed by atoms with Gasteiger partial charge in [-0.3, -0.25) is 0 Å². The zero-order valence-electron chi connectivity index (χ0n) is 13.6. The van der Waals surface area contributed by atoms with Crippen LogP contribution in [-0.2, 0) is 10.0 Å². The summed E-state index contributed by atoms with van der Waals surface area (Å²) >= 11 is 0. The minimum atomic E-state index is -3.11. The van der Waals surface area contributed by atoms with Gasteiger partial charge in [-0.25, -0.2) is 13.1 Å². The summed E-state index contributed by atoms with van der Waals surface area (Å²) in [6, 6.07) is 10.4. The Morgan fingerprint density at radius 3 is 2.54 bits per heavy atom. The van der Waals surface area contributed by atoms with Gasteiger partial charge in [0.1, 0.15) is 0 Å². The van der Waals surface area contributed by atoms with Crippen LogP contribution in [0.25, 0.3) is 11.4 Å². The molecule has 0 amide bonds. The molecular weight excluding hydrogens is 328 g/mol. The SMILES string of the molecule is CS(=O)(=O)NCC1CCC(Nc2nc(-c3ccccc3)no2)CC1. The van der Waals surface area contributed by atoms with Gasteiger partial charge in [-0.1, -0.05) is 35.5 Å². The van der Waals surface area contributed by atoms with E-state index >= 15 is 0 Å². The second kappa shape index (κ2) is 7.31. The van der Waals surface area contributed by atoms with Crippen molar-refractivity contribution in [2.75, 3.05) is 18.1 Å². The Hall–Kier alpha value is -1.93. The summed E-state index contributed by atoms with van der Waals surface area (Å²) in [7, 11) is -3.11. The summed E-state index contributed by atoms with van der Waals surface area (Å²) in [6.45, 7) is 0.518. The molecule has 0 unspecified atom stereocenters. The Morgan fingerprint density at radius 1 is 1.17 bits per heavy atom. The van der Waals surface area contributed by atoms with Gasteiger partial charge in [0, 0.05) is 18.2 Å². The van der Waals surface area contributed by atoms with Crippen LogP contribution in [0, 0.1) is 5.92 Å². The molecule has 7 nitrogen and oxygen atoms in total. The van der Waals surface area contributed by atoms with E-state index in [-0.39, 0.29) is 6.04 Å². The Bertz CT molecular complexity index is 753. The molecule has 0 saturated heterocycles. The first kappa shape index (κ1) is 16.9. The summed E-state index contributed by atoms with van der Waals surface area (Å²) in [5.74, 6) is 0.962. The smallest absolute Gasteiger partial charge is 0.322 e. The molecule has 0 spiro atoms. The van der Waals surface area contributed by atoms with E-state index in [0.717, 1.165) is 31.2 Å². The first-order chi connectivity index (χ1) is 11.5. The number of sulfonamides is 1. The first-order valence-corrected chi connectivity index (χ1v) is 9.99. The molecule has 130 valence electrons. The number of benzene rings is 1. The lowest BCUT2D eigenvalue weighted by molar-refractivity contribution is 0.330. The molecule has 8 heteroatoms. The zero-order valence-corrected chi connectivity index (χ0v) is 14.4. The van der Waals surface area contributed by atoms with Crippen molar-refractivity contribution in [2.45, 2.75) is 31.7 Å². The van der Waals surface area contributed by atoms with Gasteiger partial charge in [-0.05, 0) is 31.6 Å². The van der Waals surface area contributed by atoms with Crippen LogP contribution in [0.1, 0.15) is 25.7 Å². The van der Waals surface area contributed by atoms with Crippen molar-refractivity contribution in [2.24, 2.45) is 5.92 Å². The number of anilines is 1. The Kier molecular flexibility index (Phi) is 5.15. The molecular formula is C16H22N4O3S. The number of hydrogen-bond acceptors (Lipinski definition) is 6. The third-order valence-electron chi connectivity index (χ3n) is 4.27. The van der Waals surface area contributed by atoms with E-state index in [1.165, 1.54) is 6.26 Å². The third-order valence-corrected chi connectivity index (χ3v) is 4.96. The van der Waals surface area contributed by atoms with Crippen LogP contribution in [-0.4, -0.2) is 37.4 Å². The largest absolute Gasteiger partial charge is 0.335 e. The van der Waals surface area contributed by atoms with Gasteiger partial charge in [0.05, 0.1) is 6.26 Å². The van der Waals surface area contributed by atoms with E-state index < -0.39 is 10.0 Å². The maximum absolute atomic E-state index is 11.1. The second-order valence-electron chi connectivity index (χ2n) is 6.27. The number of hydrogen-bond donors (Lipinski definition) is 2. The molecule has 0 atom stereocenters. The summed E-state index contributed by atoms with van der Waals surface area (Å²) in [5.41, 5.74) is 0.921. The van der Waals surface area contributed by atoms with Gasteiger partial charge in [0.15, 0.2) is 0 Å². The van der Waals surface area contributed by atoms with Gasteiger partial charge in [0.2, 0.25) is 15.8 Å². The molecule has 2 N–H and O–H groups in total. The number of rotatable bonds is 6. The topological polar surface area (TPSA) is 97.1 Å². The van der Waals surface area contributed by atoms with Crippen LogP contribution in [0.3, 0.4) is 0 Å². The average Bonchev–Trinajstić information content (AvgIpc) is 3.03. The van der Waals surface area contributed by atoms with Crippen LogP contribution < -0.4 is 10.0 Å². The van der Waals surface area contributed by atoms with E-state index in [2.05, 4.69) is 20.2 Å². The molecule has 1 aromatic heterocycles. The van der Waals surface area contributed by atoms with Crippen LogP contribution in [0.5, 0.6) is 0 Å². The molecule has 1 aliphatic rings. The Morgan fingerprint density at radius 2 is 1.88 bits per heavy atom. The predicted molar refractivity (Wildman–Crippen MR) is 91.9 cm³/mol.